The number of benzene rings is 3. The molecule has 0 aromatic heterocycles. The molecule has 0 aliphatic rings. The molecule has 3 aromatic rings. The van der Waals surface area contributed by atoms with Crippen molar-refractivity contribution >= 4 is 27.5 Å². The Morgan fingerprint density at radius 3 is 2.13 bits per heavy atom. The van der Waals surface area contributed by atoms with E-state index in [1.54, 1.807) is 55.5 Å². The molecule has 0 fully saturated rings. The van der Waals surface area contributed by atoms with E-state index in [0.29, 0.717) is 11.3 Å². The lowest BCUT2D eigenvalue weighted by molar-refractivity contribution is 0.0846. The number of carbonyl (C=O) groups excluding carboxylic acids is 2. The Labute approximate surface area is 175 Å². The number of sulfonamides is 1. The summed E-state index contributed by atoms with van der Waals surface area (Å²) in [5.41, 5.74) is 7.35. The van der Waals surface area contributed by atoms with Crippen molar-refractivity contribution in [1.82, 2.24) is 10.9 Å². The van der Waals surface area contributed by atoms with Gasteiger partial charge in [-0.2, -0.15) is 0 Å². The fourth-order valence-electron chi connectivity index (χ4n) is 2.72. The number of anilines is 1. The summed E-state index contributed by atoms with van der Waals surface area (Å²) >= 11 is 0. The quantitative estimate of drug-likeness (QED) is 0.548. The minimum Gasteiger partial charge on any atom is -0.280 e. The summed E-state index contributed by atoms with van der Waals surface area (Å²) in [6.07, 6.45) is 0. The van der Waals surface area contributed by atoms with Gasteiger partial charge in [-0.25, -0.2) is 8.42 Å². The molecule has 0 unspecified atom stereocenters. The van der Waals surface area contributed by atoms with Crippen molar-refractivity contribution in [2.45, 2.75) is 18.7 Å². The minimum absolute atomic E-state index is 0.0686. The van der Waals surface area contributed by atoms with Gasteiger partial charge in [0, 0.05) is 16.8 Å². The van der Waals surface area contributed by atoms with Crippen molar-refractivity contribution in [2.75, 3.05) is 4.72 Å². The van der Waals surface area contributed by atoms with Gasteiger partial charge in [0.1, 0.15) is 0 Å². The number of rotatable bonds is 5. The number of hydrogen-bond acceptors (Lipinski definition) is 4. The van der Waals surface area contributed by atoms with E-state index >= 15 is 0 Å². The first kappa shape index (κ1) is 21.1. The van der Waals surface area contributed by atoms with Crippen LogP contribution in [0, 0.1) is 13.8 Å². The molecule has 0 spiro atoms. The molecule has 2 amide bonds. The van der Waals surface area contributed by atoms with Gasteiger partial charge in [0.15, 0.2) is 0 Å². The Balaban J connectivity index is 1.71. The molecule has 0 radical (unpaired) electrons. The number of amides is 2. The summed E-state index contributed by atoms with van der Waals surface area (Å²) in [6.45, 7) is 3.68. The van der Waals surface area contributed by atoms with Gasteiger partial charge in [-0.1, -0.05) is 42.0 Å². The third-order valence-corrected chi connectivity index (χ3v) is 5.77. The lowest BCUT2D eigenvalue weighted by Crippen LogP contribution is -2.41. The first-order chi connectivity index (χ1) is 14.3. The molecule has 0 saturated carbocycles. The van der Waals surface area contributed by atoms with Crippen molar-refractivity contribution in [3.8, 4) is 0 Å². The monoisotopic (exact) mass is 423 g/mol. The van der Waals surface area contributed by atoms with E-state index in [0.717, 1.165) is 11.1 Å². The van der Waals surface area contributed by atoms with E-state index in [9.17, 15) is 18.0 Å². The molecule has 154 valence electrons. The van der Waals surface area contributed by atoms with Gasteiger partial charge in [0.25, 0.3) is 21.8 Å². The zero-order valence-corrected chi connectivity index (χ0v) is 17.3. The zero-order chi connectivity index (χ0) is 21.7. The molecule has 30 heavy (non-hydrogen) atoms. The molecule has 0 atom stereocenters. The van der Waals surface area contributed by atoms with Gasteiger partial charge in [0.05, 0.1) is 4.90 Å². The van der Waals surface area contributed by atoms with Crippen LogP contribution in [0.2, 0.25) is 0 Å². The number of hydrazine groups is 1. The van der Waals surface area contributed by atoms with E-state index in [4.69, 9.17) is 0 Å². The average Bonchev–Trinajstić information content (AvgIpc) is 2.73. The molecule has 8 heteroatoms. The van der Waals surface area contributed by atoms with Gasteiger partial charge >= 0.3 is 0 Å². The smallest absolute Gasteiger partial charge is 0.269 e. The fourth-order valence-corrected chi connectivity index (χ4v) is 3.82. The van der Waals surface area contributed by atoms with E-state index < -0.39 is 21.8 Å². The van der Waals surface area contributed by atoms with E-state index in [1.165, 1.54) is 24.3 Å². The Morgan fingerprint density at radius 1 is 0.767 bits per heavy atom. The second kappa shape index (κ2) is 8.79. The third kappa shape index (κ3) is 5.03. The number of aryl methyl sites for hydroxylation is 2. The maximum Gasteiger partial charge on any atom is 0.269 e. The van der Waals surface area contributed by atoms with Crippen LogP contribution in [-0.2, 0) is 10.0 Å². The molecular weight excluding hydrogens is 402 g/mol. The Hall–Kier alpha value is -3.65. The largest absolute Gasteiger partial charge is 0.280 e. The second-order valence-electron chi connectivity index (χ2n) is 6.72. The van der Waals surface area contributed by atoms with Crippen molar-refractivity contribution in [3.05, 3.63) is 95.1 Å². The normalized spacial score (nSPS) is 10.9. The lowest BCUT2D eigenvalue weighted by Gasteiger charge is -2.11. The maximum absolute atomic E-state index is 12.6. The molecule has 0 saturated heterocycles. The average molecular weight is 423 g/mol. The van der Waals surface area contributed by atoms with Crippen LogP contribution in [-0.4, -0.2) is 20.2 Å². The summed E-state index contributed by atoms with van der Waals surface area (Å²) in [5.74, 6) is -1.10. The zero-order valence-electron chi connectivity index (χ0n) is 16.5. The fraction of sp³-hybridized carbons (Fsp3) is 0.0909. The van der Waals surface area contributed by atoms with Crippen LogP contribution in [0.4, 0.5) is 5.69 Å². The van der Waals surface area contributed by atoms with Crippen LogP contribution in [0.3, 0.4) is 0 Å². The number of hydrogen-bond donors (Lipinski definition) is 3. The van der Waals surface area contributed by atoms with Crippen molar-refractivity contribution in [3.63, 3.8) is 0 Å². The van der Waals surface area contributed by atoms with Gasteiger partial charge in [0.2, 0.25) is 0 Å². The highest BCUT2D eigenvalue weighted by molar-refractivity contribution is 7.92. The first-order valence-electron chi connectivity index (χ1n) is 9.12. The van der Waals surface area contributed by atoms with Crippen LogP contribution < -0.4 is 15.6 Å². The maximum atomic E-state index is 12.6. The molecule has 0 aliphatic heterocycles. The molecule has 7 nitrogen and oxygen atoms in total. The van der Waals surface area contributed by atoms with Crippen LogP contribution in [0.5, 0.6) is 0 Å². The van der Waals surface area contributed by atoms with Gasteiger partial charge in [-0.15, -0.1) is 0 Å². The molecule has 3 N–H and O–H groups in total. The minimum atomic E-state index is -3.88. The Morgan fingerprint density at radius 2 is 1.43 bits per heavy atom. The summed E-state index contributed by atoms with van der Waals surface area (Å²) in [7, 11) is -3.88. The van der Waals surface area contributed by atoms with Crippen LogP contribution in [0.15, 0.2) is 77.7 Å². The summed E-state index contributed by atoms with van der Waals surface area (Å²) in [6, 6.07) is 19.4. The van der Waals surface area contributed by atoms with E-state index in [1.807, 2.05) is 6.92 Å². The molecule has 3 aromatic carbocycles. The molecule has 3 rings (SSSR count). The SMILES string of the molecule is Cc1ccc(NS(=O)(=O)c2cccc(C(=O)NNC(=O)c3ccccc3C)c2)cc1. The highest BCUT2D eigenvalue weighted by atomic mass is 32.2. The number of carbonyl (C=O) groups is 2. The summed E-state index contributed by atoms with van der Waals surface area (Å²) in [5, 5.41) is 0. The predicted octanol–water partition coefficient (Wildman–Crippen LogP) is 3.18. The summed E-state index contributed by atoms with van der Waals surface area (Å²) < 4.78 is 27.8. The molecule has 0 heterocycles. The molecule has 0 aliphatic carbocycles. The Kier molecular flexibility index (Phi) is 6.17. The molecular formula is C22H21N3O4S. The van der Waals surface area contributed by atoms with Crippen LogP contribution in [0.1, 0.15) is 31.8 Å². The standard InChI is InChI=1S/C22H21N3O4S/c1-15-10-12-18(13-11-15)25-30(28,29)19-8-5-7-17(14-19)21(26)23-24-22(27)20-9-4-3-6-16(20)2/h3-14,25H,1-2H3,(H,23,26)(H,24,27). The van der Waals surface area contributed by atoms with Gasteiger partial charge < -0.3 is 0 Å². The third-order valence-electron chi connectivity index (χ3n) is 4.39. The van der Waals surface area contributed by atoms with Gasteiger partial charge in [-0.3, -0.25) is 25.2 Å². The van der Waals surface area contributed by atoms with Crippen LogP contribution in [0.25, 0.3) is 0 Å². The second-order valence-corrected chi connectivity index (χ2v) is 8.40. The summed E-state index contributed by atoms with van der Waals surface area (Å²) in [4.78, 5) is 24.6. The predicted molar refractivity (Wildman–Crippen MR) is 115 cm³/mol. The topological polar surface area (TPSA) is 104 Å². The van der Waals surface area contributed by atoms with Crippen molar-refractivity contribution in [2.24, 2.45) is 0 Å². The Bertz CT molecular complexity index is 1190. The number of nitrogens with one attached hydrogen (secondary N) is 3. The molecule has 0 bridgehead atoms. The van der Waals surface area contributed by atoms with Crippen molar-refractivity contribution in [1.29, 1.82) is 0 Å². The lowest BCUT2D eigenvalue weighted by atomic mass is 10.1. The highest BCUT2D eigenvalue weighted by Crippen LogP contribution is 2.17. The van der Waals surface area contributed by atoms with Gasteiger partial charge in [-0.05, 0) is 55.8 Å². The van der Waals surface area contributed by atoms with Crippen molar-refractivity contribution < 1.29 is 18.0 Å². The van der Waals surface area contributed by atoms with Crippen LogP contribution >= 0.6 is 0 Å². The van der Waals surface area contributed by atoms with E-state index in [2.05, 4.69) is 15.6 Å². The first-order valence-corrected chi connectivity index (χ1v) is 10.6. The highest BCUT2D eigenvalue weighted by Gasteiger charge is 2.17. The van der Waals surface area contributed by atoms with E-state index in [-0.39, 0.29) is 10.5 Å².